The van der Waals surface area contributed by atoms with Crippen LogP contribution in [0.3, 0.4) is 0 Å². The molecule has 2 fully saturated rings. The number of allylic oxidation sites excluding steroid dienone is 2. The number of rotatable bonds is 4. The monoisotopic (exact) mass is 253 g/mol. The van der Waals surface area contributed by atoms with Crippen molar-refractivity contribution in [1.29, 1.82) is 0 Å². The second-order valence-corrected chi connectivity index (χ2v) is 6.07. The van der Waals surface area contributed by atoms with E-state index in [2.05, 4.69) is 37.0 Å². The van der Waals surface area contributed by atoms with Gasteiger partial charge in [-0.05, 0) is 62.6 Å². The minimum absolute atomic E-state index is 0.888. The van der Waals surface area contributed by atoms with E-state index in [1.165, 1.54) is 48.1 Å². The summed E-state index contributed by atoms with van der Waals surface area (Å²) in [5.41, 5.74) is 8.76. The lowest BCUT2D eigenvalue weighted by Gasteiger charge is -2.13. The third-order valence-electron chi connectivity index (χ3n) is 4.36. The Hall–Kier alpha value is -1.37. The summed E-state index contributed by atoms with van der Waals surface area (Å²) in [4.78, 5) is 4.60. The maximum atomic E-state index is 4.60. The van der Waals surface area contributed by atoms with Crippen LogP contribution in [-0.4, -0.2) is 12.8 Å². The SMILES string of the molecule is CN=C(CC(=C1CC1)C1CC1)c1cc(C)ccc1C. The van der Waals surface area contributed by atoms with Gasteiger partial charge in [0.1, 0.15) is 0 Å². The molecule has 0 aliphatic heterocycles. The topological polar surface area (TPSA) is 12.4 Å². The maximum absolute atomic E-state index is 4.60. The molecule has 0 amide bonds. The molecule has 0 atom stereocenters. The van der Waals surface area contributed by atoms with Gasteiger partial charge in [-0.15, -0.1) is 0 Å². The van der Waals surface area contributed by atoms with Crippen molar-refractivity contribution in [3.05, 3.63) is 46.0 Å². The fourth-order valence-corrected chi connectivity index (χ4v) is 2.90. The number of aryl methyl sites for hydroxylation is 2. The molecule has 0 unspecified atom stereocenters. The first-order valence-electron chi connectivity index (χ1n) is 7.43. The standard InChI is InChI=1S/C18H23N/c1-12-4-5-13(2)16(10-12)18(19-3)11-17(14-6-7-14)15-8-9-15/h4-5,10,14H,6-9,11H2,1-3H3. The van der Waals surface area contributed by atoms with Crippen LogP contribution in [0, 0.1) is 19.8 Å². The molecule has 0 bridgehead atoms. The van der Waals surface area contributed by atoms with Gasteiger partial charge in [-0.1, -0.05) is 28.8 Å². The van der Waals surface area contributed by atoms with Gasteiger partial charge in [0.2, 0.25) is 0 Å². The highest BCUT2D eigenvalue weighted by molar-refractivity contribution is 6.03. The molecule has 1 heteroatoms. The van der Waals surface area contributed by atoms with Crippen molar-refractivity contribution in [3.63, 3.8) is 0 Å². The van der Waals surface area contributed by atoms with Crippen LogP contribution in [0.5, 0.6) is 0 Å². The van der Waals surface area contributed by atoms with Crippen molar-refractivity contribution < 1.29 is 0 Å². The van der Waals surface area contributed by atoms with Crippen LogP contribution in [-0.2, 0) is 0 Å². The molecule has 2 aliphatic rings. The molecule has 0 saturated heterocycles. The van der Waals surface area contributed by atoms with Crippen molar-refractivity contribution in [1.82, 2.24) is 0 Å². The zero-order valence-corrected chi connectivity index (χ0v) is 12.3. The molecule has 2 aliphatic carbocycles. The summed E-state index contributed by atoms with van der Waals surface area (Å²) in [6.07, 6.45) is 6.58. The van der Waals surface area contributed by atoms with Crippen LogP contribution in [0.25, 0.3) is 0 Å². The molecule has 1 aromatic carbocycles. The normalized spacial score (nSPS) is 18.7. The van der Waals surface area contributed by atoms with Gasteiger partial charge >= 0.3 is 0 Å². The summed E-state index contributed by atoms with van der Waals surface area (Å²) in [5.74, 6) is 0.888. The Morgan fingerprint density at radius 2 is 1.95 bits per heavy atom. The highest BCUT2D eigenvalue weighted by atomic mass is 14.7. The number of hydrogen-bond donors (Lipinski definition) is 0. The van der Waals surface area contributed by atoms with Crippen LogP contribution in [0.2, 0.25) is 0 Å². The highest BCUT2D eigenvalue weighted by Crippen LogP contribution is 2.46. The predicted molar refractivity (Wildman–Crippen MR) is 82.0 cm³/mol. The average molecular weight is 253 g/mol. The zero-order chi connectivity index (χ0) is 13.4. The smallest absolute Gasteiger partial charge is 0.0460 e. The van der Waals surface area contributed by atoms with Crippen molar-refractivity contribution in [3.8, 4) is 0 Å². The molecular formula is C18H23N. The predicted octanol–water partition coefficient (Wildman–Crippen LogP) is 4.61. The van der Waals surface area contributed by atoms with Crippen LogP contribution in [0.15, 0.2) is 34.3 Å². The maximum Gasteiger partial charge on any atom is 0.0460 e. The van der Waals surface area contributed by atoms with E-state index in [0.29, 0.717) is 0 Å². The molecule has 0 aromatic heterocycles. The number of hydrogen-bond acceptors (Lipinski definition) is 1. The minimum Gasteiger partial charge on any atom is -0.292 e. The molecule has 1 nitrogen and oxygen atoms in total. The third kappa shape index (κ3) is 2.80. The van der Waals surface area contributed by atoms with Crippen molar-refractivity contribution in [2.45, 2.75) is 46.0 Å². The molecule has 19 heavy (non-hydrogen) atoms. The third-order valence-corrected chi connectivity index (χ3v) is 4.36. The Kier molecular flexibility index (Phi) is 3.30. The summed E-state index contributed by atoms with van der Waals surface area (Å²) in [6.45, 7) is 4.36. The van der Waals surface area contributed by atoms with Gasteiger partial charge in [0.05, 0.1) is 0 Å². The summed E-state index contributed by atoms with van der Waals surface area (Å²) in [5, 5.41) is 0. The van der Waals surface area contributed by atoms with Gasteiger partial charge in [0.15, 0.2) is 0 Å². The number of aliphatic imine (C=N–C) groups is 1. The molecular weight excluding hydrogens is 230 g/mol. The second kappa shape index (κ2) is 4.96. The Labute approximate surface area is 116 Å². The van der Waals surface area contributed by atoms with Crippen molar-refractivity contribution >= 4 is 5.71 Å². The average Bonchev–Trinajstić information content (AvgIpc) is 3.27. The number of benzene rings is 1. The lowest BCUT2D eigenvalue weighted by atomic mass is 9.94. The summed E-state index contributed by atoms with van der Waals surface area (Å²) in [7, 11) is 1.94. The Bertz CT molecular complexity index is 553. The molecule has 1 aromatic rings. The molecule has 2 saturated carbocycles. The Morgan fingerprint density at radius 3 is 2.53 bits per heavy atom. The second-order valence-electron chi connectivity index (χ2n) is 6.07. The van der Waals surface area contributed by atoms with Gasteiger partial charge in [-0.25, -0.2) is 0 Å². The van der Waals surface area contributed by atoms with Gasteiger partial charge in [-0.2, -0.15) is 0 Å². The van der Waals surface area contributed by atoms with E-state index >= 15 is 0 Å². The first-order chi connectivity index (χ1) is 9.19. The van der Waals surface area contributed by atoms with Gasteiger partial charge in [-0.3, -0.25) is 4.99 Å². The summed E-state index contributed by atoms with van der Waals surface area (Å²) >= 11 is 0. The fourth-order valence-electron chi connectivity index (χ4n) is 2.90. The van der Waals surface area contributed by atoms with E-state index in [1.54, 1.807) is 11.1 Å². The lowest BCUT2D eigenvalue weighted by Crippen LogP contribution is -2.06. The van der Waals surface area contributed by atoms with E-state index in [-0.39, 0.29) is 0 Å². The summed E-state index contributed by atoms with van der Waals surface area (Å²) in [6, 6.07) is 6.70. The molecule has 0 radical (unpaired) electrons. The Balaban J connectivity index is 1.89. The van der Waals surface area contributed by atoms with E-state index in [9.17, 15) is 0 Å². The fraction of sp³-hybridized carbons (Fsp3) is 0.500. The van der Waals surface area contributed by atoms with E-state index in [0.717, 1.165) is 12.3 Å². The van der Waals surface area contributed by atoms with Crippen LogP contribution in [0.1, 0.15) is 48.8 Å². The van der Waals surface area contributed by atoms with Gasteiger partial charge < -0.3 is 0 Å². The first kappa shape index (κ1) is 12.7. The van der Waals surface area contributed by atoms with Crippen molar-refractivity contribution in [2.24, 2.45) is 10.9 Å². The molecule has 3 rings (SSSR count). The largest absolute Gasteiger partial charge is 0.292 e. The lowest BCUT2D eigenvalue weighted by molar-refractivity contribution is 0.957. The van der Waals surface area contributed by atoms with Crippen LogP contribution in [0.4, 0.5) is 0 Å². The van der Waals surface area contributed by atoms with Crippen molar-refractivity contribution in [2.75, 3.05) is 7.05 Å². The number of nitrogens with zero attached hydrogens (tertiary/aromatic N) is 1. The zero-order valence-electron chi connectivity index (χ0n) is 12.3. The molecule has 0 heterocycles. The Morgan fingerprint density at radius 1 is 1.21 bits per heavy atom. The first-order valence-corrected chi connectivity index (χ1v) is 7.43. The van der Waals surface area contributed by atoms with Gasteiger partial charge in [0.25, 0.3) is 0 Å². The van der Waals surface area contributed by atoms with E-state index < -0.39 is 0 Å². The minimum atomic E-state index is 0.888. The van der Waals surface area contributed by atoms with Gasteiger partial charge in [0, 0.05) is 19.2 Å². The highest BCUT2D eigenvalue weighted by Gasteiger charge is 2.32. The summed E-state index contributed by atoms with van der Waals surface area (Å²) < 4.78 is 0. The molecule has 0 N–H and O–H groups in total. The molecule has 0 spiro atoms. The van der Waals surface area contributed by atoms with E-state index in [1.807, 2.05) is 7.05 Å². The van der Waals surface area contributed by atoms with E-state index in [4.69, 9.17) is 0 Å². The van der Waals surface area contributed by atoms with Crippen LogP contribution < -0.4 is 0 Å². The quantitative estimate of drug-likeness (QED) is 0.549. The van der Waals surface area contributed by atoms with Crippen LogP contribution >= 0.6 is 0 Å². The molecule has 100 valence electrons.